The molecule has 0 aliphatic rings. The fraction of sp³-hybridized carbons (Fsp3) is 0.381. The van der Waals surface area contributed by atoms with Gasteiger partial charge in [0.25, 0.3) is 5.91 Å². The average molecular weight is 475 g/mol. The number of rotatable bonds is 9. The molecule has 2 aromatic rings. The second kappa shape index (κ2) is 10.6. The number of hydrogen-bond acceptors (Lipinski definition) is 5. The zero-order valence-electron chi connectivity index (χ0n) is 17.5. The van der Waals surface area contributed by atoms with E-state index in [9.17, 15) is 27.9 Å². The number of nitrogens with one attached hydrogen (secondary N) is 1. The molecule has 7 nitrogen and oxygen atoms in total. The summed E-state index contributed by atoms with van der Waals surface area (Å²) in [7, 11) is 1.43. The van der Waals surface area contributed by atoms with Gasteiger partial charge in [-0.15, -0.1) is 0 Å². The molecule has 0 fully saturated rings. The minimum absolute atomic E-state index is 0.0579. The topological polar surface area (TPSA) is 97.8 Å². The Hall–Kier alpha value is -2.85. The number of halogens is 4. The number of hydrogen-bond donors (Lipinski definition) is 2. The molecule has 0 aliphatic heterocycles. The number of ether oxygens (including phenoxy) is 2. The number of alkyl halides is 3. The van der Waals surface area contributed by atoms with Crippen molar-refractivity contribution in [1.82, 2.24) is 10.3 Å². The van der Waals surface area contributed by atoms with Crippen LogP contribution in [0, 0.1) is 0 Å². The molecule has 1 aromatic carbocycles. The number of carbonyl (C=O) groups is 2. The van der Waals surface area contributed by atoms with E-state index in [2.05, 4.69) is 10.3 Å². The van der Waals surface area contributed by atoms with Crippen LogP contribution in [0.3, 0.4) is 0 Å². The number of benzene rings is 1. The van der Waals surface area contributed by atoms with Crippen LogP contribution >= 0.6 is 11.6 Å². The molecule has 1 heterocycles. The standard InChI is InChI=1S/C21H22ClF3N2O5/c1-11(2)32-17(20(29)30)7-12-4-5-16(31-3)13(6-12)9-27-19(28)18-15(22)8-14(10-26-18)21(23,24)25/h4-6,8,10-11,17H,7,9H2,1-3H3,(H,27,28)(H,29,30). The summed E-state index contributed by atoms with van der Waals surface area (Å²) in [5.74, 6) is -1.45. The van der Waals surface area contributed by atoms with Gasteiger partial charge in [0.1, 0.15) is 11.4 Å². The van der Waals surface area contributed by atoms with E-state index in [1.54, 1.807) is 32.0 Å². The average Bonchev–Trinajstić information content (AvgIpc) is 2.70. The summed E-state index contributed by atoms with van der Waals surface area (Å²) in [6.45, 7) is 3.40. The summed E-state index contributed by atoms with van der Waals surface area (Å²) in [5, 5.41) is 11.4. The second-order valence-electron chi connectivity index (χ2n) is 7.10. The molecule has 1 atom stereocenters. The van der Waals surface area contributed by atoms with Gasteiger partial charge < -0.3 is 19.9 Å². The lowest BCUT2D eigenvalue weighted by Crippen LogP contribution is -2.29. The van der Waals surface area contributed by atoms with Gasteiger partial charge in [0.2, 0.25) is 0 Å². The minimum Gasteiger partial charge on any atom is -0.496 e. The number of carboxylic acid groups (broad SMARTS) is 1. The second-order valence-corrected chi connectivity index (χ2v) is 7.50. The van der Waals surface area contributed by atoms with E-state index in [4.69, 9.17) is 21.1 Å². The van der Waals surface area contributed by atoms with Gasteiger partial charge >= 0.3 is 12.1 Å². The summed E-state index contributed by atoms with van der Waals surface area (Å²) in [5.41, 5.74) is -0.264. The molecule has 174 valence electrons. The Morgan fingerprint density at radius 1 is 1.25 bits per heavy atom. The molecule has 0 spiro atoms. The van der Waals surface area contributed by atoms with E-state index in [0.29, 0.717) is 29.1 Å². The molecule has 0 radical (unpaired) electrons. The van der Waals surface area contributed by atoms with Gasteiger partial charge in [-0.05, 0) is 31.5 Å². The highest BCUT2D eigenvalue weighted by Crippen LogP contribution is 2.31. The highest BCUT2D eigenvalue weighted by molar-refractivity contribution is 6.33. The summed E-state index contributed by atoms with van der Waals surface area (Å²) >= 11 is 5.81. The summed E-state index contributed by atoms with van der Waals surface area (Å²) in [6.07, 6.45) is -5.35. The molecule has 32 heavy (non-hydrogen) atoms. The summed E-state index contributed by atoms with van der Waals surface area (Å²) in [4.78, 5) is 27.4. The van der Waals surface area contributed by atoms with Gasteiger partial charge in [-0.25, -0.2) is 9.78 Å². The highest BCUT2D eigenvalue weighted by Gasteiger charge is 2.32. The fourth-order valence-corrected chi connectivity index (χ4v) is 3.10. The molecule has 1 amide bonds. The molecule has 0 saturated heterocycles. The van der Waals surface area contributed by atoms with Crippen LogP contribution in [-0.4, -0.2) is 41.3 Å². The first kappa shape index (κ1) is 25.4. The maximum Gasteiger partial charge on any atom is 0.417 e. The van der Waals surface area contributed by atoms with Crippen molar-refractivity contribution in [1.29, 1.82) is 0 Å². The lowest BCUT2D eigenvalue weighted by molar-refractivity contribution is -0.153. The van der Waals surface area contributed by atoms with Crippen LogP contribution in [-0.2, 0) is 28.7 Å². The maximum atomic E-state index is 12.7. The van der Waals surface area contributed by atoms with Gasteiger partial charge in [0.15, 0.2) is 6.10 Å². The van der Waals surface area contributed by atoms with Crippen molar-refractivity contribution in [2.24, 2.45) is 0 Å². The number of carboxylic acids is 1. The Labute approximate surface area is 187 Å². The molecule has 11 heteroatoms. The van der Waals surface area contributed by atoms with Gasteiger partial charge in [0.05, 0.1) is 23.8 Å². The number of carbonyl (C=O) groups excluding carboxylic acids is 1. The SMILES string of the molecule is COc1ccc(CC(OC(C)C)C(=O)O)cc1CNC(=O)c1ncc(C(F)(F)F)cc1Cl. The van der Waals surface area contributed by atoms with Crippen molar-refractivity contribution in [2.75, 3.05) is 7.11 Å². The van der Waals surface area contributed by atoms with E-state index < -0.39 is 34.7 Å². The Balaban J connectivity index is 2.17. The fourth-order valence-electron chi connectivity index (χ4n) is 2.85. The van der Waals surface area contributed by atoms with Crippen molar-refractivity contribution < 1.29 is 37.3 Å². The number of amides is 1. The lowest BCUT2D eigenvalue weighted by atomic mass is 10.0. The quantitative estimate of drug-likeness (QED) is 0.567. The number of aliphatic carboxylic acids is 1. The Kier molecular flexibility index (Phi) is 8.45. The number of nitrogens with zero attached hydrogens (tertiary/aromatic N) is 1. The largest absolute Gasteiger partial charge is 0.496 e. The van der Waals surface area contributed by atoms with E-state index in [1.165, 1.54) is 7.11 Å². The molecule has 0 saturated carbocycles. The van der Waals surface area contributed by atoms with Crippen LogP contribution in [0.2, 0.25) is 5.02 Å². The predicted molar refractivity (Wildman–Crippen MR) is 110 cm³/mol. The number of aromatic nitrogens is 1. The predicted octanol–water partition coefficient (Wildman–Crippen LogP) is 4.11. The van der Waals surface area contributed by atoms with Crippen LogP contribution in [0.5, 0.6) is 5.75 Å². The van der Waals surface area contributed by atoms with Crippen molar-refractivity contribution in [3.05, 3.63) is 57.9 Å². The molecular formula is C21H22ClF3N2O5. The smallest absolute Gasteiger partial charge is 0.417 e. The molecule has 1 unspecified atom stereocenters. The Morgan fingerprint density at radius 2 is 1.94 bits per heavy atom. The van der Waals surface area contributed by atoms with Crippen molar-refractivity contribution in [2.45, 2.75) is 45.2 Å². The third-order valence-corrected chi connectivity index (χ3v) is 4.59. The molecule has 2 rings (SSSR count). The third kappa shape index (κ3) is 6.83. The van der Waals surface area contributed by atoms with Crippen LogP contribution in [0.4, 0.5) is 13.2 Å². The van der Waals surface area contributed by atoms with Crippen molar-refractivity contribution >= 4 is 23.5 Å². The van der Waals surface area contributed by atoms with Gasteiger partial charge in [-0.3, -0.25) is 4.79 Å². The van der Waals surface area contributed by atoms with Crippen LogP contribution < -0.4 is 10.1 Å². The normalized spacial score (nSPS) is 12.5. The Morgan fingerprint density at radius 3 is 2.47 bits per heavy atom. The molecule has 0 bridgehead atoms. The van der Waals surface area contributed by atoms with Gasteiger partial charge in [-0.1, -0.05) is 23.7 Å². The highest BCUT2D eigenvalue weighted by atomic mass is 35.5. The van der Waals surface area contributed by atoms with Crippen LogP contribution in [0.25, 0.3) is 0 Å². The first-order chi connectivity index (χ1) is 14.9. The Bertz CT molecular complexity index is 982. The monoisotopic (exact) mass is 474 g/mol. The number of pyridine rings is 1. The van der Waals surface area contributed by atoms with Crippen LogP contribution in [0.15, 0.2) is 30.5 Å². The van der Waals surface area contributed by atoms with Crippen molar-refractivity contribution in [3.8, 4) is 5.75 Å². The van der Waals surface area contributed by atoms with E-state index in [1.807, 2.05) is 0 Å². The van der Waals surface area contributed by atoms with Crippen LogP contribution in [0.1, 0.15) is 41.0 Å². The zero-order valence-corrected chi connectivity index (χ0v) is 18.3. The molecule has 0 aliphatic carbocycles. The third-order valence-electron chi connectivity index (χ3n) is 4.30. The van der Waals surface area contributed by atoms with E-state index >= 15 is 0 Å². The minimum atomic E-state index is -4.63. The van der Waals surface area contributed by atoms with E-state index in [-0.39, 0.29) is 24.8 Å². The maximum absolute atomic E-state index is 12.7. The molecular weight excluding hydrogens is 453 g/mol. The summed E-state index contributed by atoms with van der Waals surface area (Å²) < 4.78 is 48.9. The first-order valence-corrected chi connectivity index (χ1v) is 9.85. The number of methoxy groups -OCH3 is 1. The first-order valence-electron chi connectivity index (χ1n) is 9.47. The summed E-state index contributed by atoms with van der Waals surface area (Å²) in [6, 6.07) is 5.58. The lowest BCUT2D eigenvalue weighted by Gasteiger charge is -2.18. The van der Waals surface area contributed by atoms with E-state index in [0.717, 1.165) is 0 Å². The van der Waals surface area contributed by atoms with Gasteiger partial charge in [0, 0.05) is 24.7 Å². The zero-order chi connectivity index (χ0) is 24.1. The molecule has 2 N–H and O–H groups in total. The van der Waals surface area contributed by atoms with Gasteiger partial charge in [-0.2, -0.15) is 13.2 Å². The molecule has 1 aromatic heterocycles. The van der Waals surface area contributed by atoms with Crippen molar-refractivity contribution in [3.63, 3.8) is 0 Å².